The molecule has 0 aliphatic carbocycles. The predicted molar refractivity (Wildman–Crippen MR) is 107 cm³/mol. The van der Waals surface area contributed by atoms with E-state index in [-0.39, 0.29) is 17.1 Å². The van der Waals surface area contributed by atoms with Gasteiger partial charge in [0.05, 0.1) is 16.6 Å². The summed E-state index contributed by atoms with van der Waals surface area (Å²) in [7, 11) is 0. The fraction of sp³-hybridized carbons (Fsp3) is 0.500. The molecule has 5 N–H and O–H groups in total. The Morgan fingerprint density at radius 1 is 1.46 bits per heavy atom. The number of aryl methyl sites for hydroxylation is 1. The highest BCUT2D eigenvalue weighted by Gasteiger charge is 2.22. The molecule has 2 heterocycles. The number of halogens is 1. The summed E-state index contributed by atoms with van der Waals surface area (Å²) >= 11 is 0. The Morgan fingerprint density at radius 2 is 2.14 bits per heavy atom. The molecule has 8 heteroatoms. The van der Waals surface area contributed by atoms with E-state index in [2.05, 4.69) is 10.6 Å². The van der Waals surface area contributed by atoms with Gasteiger partial charge in [0.2, 0.25) is 5.43 Å². The Balaban J connectivity index is 2.00. The minimum atomic E-state index is -1.35. The number of carbonyl (C=O) groups is 1. The lowest BCUT2D eigenvalue weighted by Crippen LogP contribution is -2.44. The standard InChI is InChI=1S/C20H27FN4O3/c1-3-25-10-14(20(27)28)19(26)16-15(25)9-12(17(21)18(16)22)8-11(2)24-13-4-6-23-7-5-13/h9-11,13,23-24H,3-8,22H2,1-2H3,(H,27,28)/t11-/m1/s1. The number of carboxylic acid groups (broad SMARTS) is 1. The number of piperidine rings is 1. The number of rotatable bonds is 6. The molecule has 1 aromatic carbocycles. The summed E-state index contributed by atoms with van der Waals surface area (Å²) in [4.78, 5) is 23.9. The average molecular weight is 390 g/mol. The number of nitrogen functional groups attached to an aromatic ring is 1. The maximum absolute atomic E-state index is 15.0. The molecule has 2 aromatic rings. The maximum Gasteiger partial charge on any atom is 0.341 e. The number of carboxylic acids is 1. The summed E-state index contributed by atoms with van der Waals surface area (Å²) in [6, 6.07) is 2.05. The number of anilines is 1. The van der Waals surface area contributed by atoms with Crippen LogP contribution in [-0.4, -0.2) is 40.8 Å². The third-order valence-electron chi connectivity index (χ3n) is 5.38. The van der Waals surface area contributed by atoms with Gasteiger partial charge in [0.25, 0.3) is 0 Å². The van der Waals surface area contributed by atoms with Gasteiger partial charge in [-0.1, -0.05) is 0 Å². The summed E-state index contributed by atoms with van der Waals surface area (Å²) in [6.45, 7) is 6.20. The highest BCUT2D eigenvalue weighted by Crippen LogP contribution is 2.27. The third-order valence-corrected chi connectivity index (χ3v) is 5.38. The summed E-state index contributed by atoms with van der Waals surface area (Å²) in [6.07, 6.45) is 3.78. The second-order valence-corrected chi connectivity index (χ2v) is 7.42. The van der Waals surface area contributed by atoms with Crippen molar-refractivity contribution in [3.05, 3.63) is 39.4 Å². The number of fused-ring (bicyclic) bond motifs is 1. The van der Waals surface area contributed by atoms with Crippen molar-refractivity contribution in [1.82, 2.24) is 15.2 Å². The van der Waals surface area contributed by atoms with Gasteiger partial charge in [-0.05, 0) is 57.8 Å². The molecule has 0 bridgehead atoms. The molecule has 1 aromatic heterocycles. The van der Waals surface area contributed by atoms with Gasteiger partial charge < -0.3 is 26.0 Å². The van der Waals surface area contributed by atoms with Crippen LogP contribution in [0.3, 0.4) is 0 Å². The molecule has 1 aliphatic heterocycles. The van der Waals surface area contributed by atoms with Crippen molar-refractivity contribution in [1.29, 1.82) is 0 Å². The van der Waals surface area contributed by atoms with Crippen LogP contribution in [0.5, 0.6) is 0 Å². The van der Waals surface area contributed by atoms with E-state index in [9.17, 15) is 19.1 Å². The zero-order valence-electron chi connectivity index (χ0n) is 16.2. The number of nitrogens with two attached hydrogens (primary N) is 1. The topological polar surface area (TPSA) is 109 Å². The van der Waals surface area contributed by atoms with Gasteiger partial charge in [-0.15, -0.1) is 0 Å². The van der Waals surface area contributed by atoms with E-state index < -0.39 is 22.8 Å². The molecule has 28 heavy (non-hydrogen) atoms. The first-order chi connectivity index (χ1) is 13.3. The lowest BCUT2D eigenvalue weighted by atomic mass is 9.99. The number of nitrogens with one attached hydrogen (secondary N) is 2. The summed E-state index contributed by atoms with van der Waals surface area (Å²) in [5.74, 6) is -1.99. The molecular weight excluding hydrogens is 363 g/mol. The number of pyridine rings is 1. The van der Waals surface area contributed by atoms with E-state index >= 15 is 0 Å². The van der Waals surface area contributed by atoms with Gasteiger partial charge >= 0.3 is 5.97 Å². The minimum absolute atomic E-state index is 0.0366. The van der Waals surface area contributed by atoms with Crippen LogP contribution in [0.4, 0.5) is 10.1 Å². The average Bonchev–Trinajstić information content (AvgIpc) is 2.66. The summed E-state index contributed by atoms with van der Waals surface area (Å²) in [5.41, 5.74) is 5.40. The molecule has 1 fully saturated rings. The Hall–Kier alpha value is -2.45. The van der Waals surface area contributed by atoms with Crippen LogP contribution in [0.1, 0.15) is 42.6 Å². The van der Waals surface area contributed by atoms with Gasteiger partial charge in [0.1, 0.15) is 11.4 Å². The Labute approximate surface area is 162 Å². The molecule has 0 spiro atoms. The van der Waals surface area contributed by atoms with Crippen LogP contribution in [0.25, 0.3) is 10.9 Å². The van der Waals surface area contributed by atoms with Crippen LogP contribution in [0.15, 0.2) is 17.1 Å². The minimum Gasteiger partial charge on any atom is -0.477 e. The van der Waals surface area contributed by atoms with E-state index in [0.717, 1.165) is 25.9 Å². The van der Waals surface area contributed by atoms with Crippen molar-refractivity contribution >= 4 is 22.6 Å². The Kier molecular flexibility index (Phi) is 6.00. The summed E-state index contributed by atoms with van der Waals surface area (Å²) < 4.78 is 16.6. The zero-order chi connectivity index (χ0) is 20.4. The second-order valence-electron chi connectivity index (χ2n) is 7.42. The smallest absolute Gasteiger partial charge is 0.341 e. The molecule has 1 atom stereocenters. The van der Waals surface area contributed by atoms with E-state index in [1.165, 1.54) is 6.20 Å². The van der Waals surface area contributed by atoms with Crippen molar-refractivity contribution in [3.63, 3.8) is 0 Å². The quantitative estimate of drug-likeness (QED) is 0.559. The lowest BCUT2D eigenvalue weighted by Gasteiger charge is -2.27. The van der Waals surface area contributed by atoms with Crippen LogP contribution < -0.4 is 21.8 Å². The van der Waals surface area contributed by atoms with Crippen molar-refractivity contribution in [3.8, 4) is 0 Å². The highest BCUT2D eigenvalue weighted by molar-refractivity contribution is 5.97. The first-order valence-electron chi connectivity index (χ1n) is 9.67. The SMILES string of the molecule is CCn1cc(C(=O)O)c(=O)c2c(N)c(F)c(C[C@@H](C)NC3CCNCC3)cc21. The molecule has 152 valence electrons. The molecule has 3 rings (SSSR count). The first kappa shape index (κ1) is 20.3. The van der Waals surface area contributed by atoms with E-state index in [1.807, 2.05) is 13.8 Å². The fourth-order valence-electron chi connectivity index (χ4n) is 3.95. The van der Waals surface area contributed by atoms with Crippen molar-refractivity contribution in [2.45, 2.75) is 51.7 Å². The van der Waals surface area contributed by atoms with Crippen LogP contribution in [-0.2, 0) is 13.0 Å². The number of hydrogen-bond donors (Lipinski definition) is 4. The molecule has 1 aliphatic rings. The van der Waals surface area contributed by atoms with E-state index in [1.54, 1.807) is 10.6 Å². The zero-order valence-corrected chi connectivity index (χ0v) is 16.2. The molecular formula is C20H27FN4O3. The van der Waals surface area contributed by atoms with Gasteiger partial charge in [-0.2, -0.15) is 0 Å². The van der Waals surface area contributed by atoms with Gasteiger partial charge in [0, 0.05) is 24.8 Å². The number of hydrogen-bond acceptors (Lipinski definition) is 5. The van der Waals surface area contributed by atoms with Crippen LogP contribution in [0.2, 0.25) is 0 Å². The first-order valence-corrected chi connectivity index (χ1v) is 9.67. The monoisotopic (exact) mass is 390 g/mol. The number of benzene rings is 1. The van der Waals surface area contributed by atoms with E-state index in [4.69, 9.17) is 5.73 Å². The largest absolute Gasteiger partial charge is 0.477 e. The number of aromatic carboxylic acids is 1. The molecule has 0 unspecified atom stereocenters. The van der Waals surface area contributed by atoms with Crippen LogP contribution in [0, 0.1) is 5.82 Å². The van der Waals surface area contributed by atoms with Crippen molar-refractivity contribution in [2.75, 3.05) is 18.8 Å². The molecule has 0 amide bonds. The van der Waals surface area contributed by atoms with Crippen molar-refractivity contribution < 1.29 is 14.3 Å². The Morgan fingerprint density at radius 3 is 2.75 bits per heavy atom. The lowest BCUT2D eigenvalue weighted by molar-refractivity contribution is 0.0695. The molecule has 0 saturated carbocycles. The fourth-order valence-corrected chi connectivity index (χ4v) is 3.95. The normalized spacial score (nSPS) is 16.4. The maximum atomic E-state index is 15.0. The number of nitrogens with zero attached hydrogens (tertiary/aromatic N) is 1. The van der Waals surface area contributed by atoms with Gasteiger partial charge in [0.15, 0.2) is 0 Å². The van der Waals surface area contributed by atoms with Gasteiger partial charge in [-0.3, -0.25) is 4.79 Å². The number of aromatic nitrogens is 1. The van der Waals surface area contributed by atoms with Crippen molar-refractivity contribution in [2.24, 2.45) is 0 Å². The molecule has 0 radical (unpaired) electrons. The van der Waals surface area contributed by atoms with Crippen LogP contribution >= 0.6 is 0 Å². The molecule has 7 nitrogen and oxygen atoms in total. The van der Waals surface area contributed by atoms with Gasteiger partial charge in [-0.25, -0.2) is 9.18 Å². The Bertz CT molecular complexity index is 951. The third kappa shape index (κ3) is 3.88. The molecule has 1 saturated heterocycles. The summed E-state index contributed by atoms with van der Waals surface area (Å²) in [5, 5.41) is 16.1. The van der Waals surface area contributed by atoms with E-state index in [0.29, 0.717) is 30.1 Å². The second kappa shape index (κ2) is 8.28. The predicted octanol–water partition coefficient (Wildman–Crippen LogP) is 1.71. The highest BCUT2D eigenvalue weighted by atomic mass is 19.1.